The molecule has 0 aromatic heterocycles. The topological polar surface area (TPSA) is 46.2 Å². The molecule has 0 amide bonds. The second-order valence-corrected chi connectivity index (χ2v) is 3.94. The molecule has 0 bridgehead atoms. The molecule has 1 aliphatic heterocycles. The summed E-state index contributed by atoms with van der Waals surface area (Å²) in [4.78, 5) is 0. The van der Waals surface area contributed by atoms with Crippen LogP contribution in [0.1, 0.15) is 6.92 Å². The molecule has 1 aliphatic rings. The van der Waals surface area contributed by atoms with Gasteiger partial charge in [-0.3, -0.25) is 0 Å². The molecule has 1 heterocycles. The molecule has 16 heavy (non-hydrogen) atoms. The molecule has 5 heteroatoms. The highest BCUT2D eigenvalue weighted by Crippen LogP contribution is 2.26. The molecule has 0 aromatic rings. The van der Waals surface area contributed by atoms with Crippen LogP contribution in [0.3, 0.4) is 0 Å². The van der Waals surface area contributed by atoms with Crippen molar-refractivity contribution in [3.05, 3.63) is 0 Å². The lowest BCUT2D eigenvalue weighted by Gasteiger charge is -2.43. The van der Waals surface area contributed by atoms with E-state index < -0.39 is 0 Å². The minimum atomic E-state index is -0.175. The third kappa shape index (κ3) is 2.73. The third-order valence-electron chi connectivity index (χ3n) is 3.01. The Morgan fingerprint density at radius 3 is 1.88 bits per heavy atom. The normalized spacial score (nSPS) is 39.9. The van der Waals surface area contributed by atoms with E-state index in [-0.39, 0.29) is 30.5 Å². The second-order valence-electron chi connectivity index (χ2n) is 3.94. The zero-order chi connectivity index (χ0) is 12.1. The van der Waals surface area contributed by atoms with E-state index in [2.05, 4.69) is 0 Å². The van der Waals surface area contributed by atoms with Crippen molar-refractivity contribution in [3.8, 4) is 0 Å². The molecule has 0 N–H and O–H groups in total. The van der Waals surface area contributed by atoms with E-state index >= 15 is 0 Å². The first-order chi connectivity index (χ1) is 7.69. The van der Waals surface area contributed by atoms with Crippen molar-refractivity contribution < 1.29 is 23.7 Å². The molecule has 1 saturated heterocycles. The van der Waals surface area contributed by atoms with Gasteiger partial charge in [-0.15, -0.1) is 0 Å². The maximum Gasteiger partial charge on any atom is 0.114 e. The maximum atomic E-state index is 5.81. The first-order valence-corrected chi connectivity index (χ1v) is 5.42. The van der Waals surface area contributed by atoms with Crippen LogP contribution in [0.15, 0.2) is 0 Å². The van der Waals surface area contributed by atoms with E-state index in [4.69, 9.17) is 23.7 Å². The van der Waals surface area contributed by atoms with Gasteiger partial charge in [0.25, 0.3) is 0 Å². The van der Waals surface area contributed by atoms with Crippen molar-refractivity contribution in [1.82, 2.24) is 0 Å². The van der Waals surface area contributed by atoms with Gasteiger partial charge in [0.05, 0.1) is 12.7 Å². The SMILES string of the molecule is COC[C@@H]1O[C@@H](C)C(OC)C(OC)C1OC. The Bertz CT molecular complexity index is 199. The molecule has 96 valence electrons. The van der Waals surface area contributed by atoms with Crippen molar-refractivity contribution in [1.29, 1.82) is 0 Å². The molecule has 5 atom stereocenters. The largest absolute Gasteiger partial charge is 0.382 e. The van der Waals surface area contributed by atoms with Crippen molar-refractivity contribution in [2.45, 2.75) is 37.4 Å². The molecule has 3 unspecified atom stereocenters. The fraction of sp³-hybridized carbons (Fsp3) is 1.00. The van der Waals surface area contributed by atoms with Crippen LogP contribution in [0.5, 0.6) is 0 Å². The minimum absolute atomic E-state index is 0.0403. The van der Waals surface area contributed by atoms with E-state index in [9.17, 15) is 0 Å². The van der Waals surface area contributed by atoms with Crippen LogP contribution in [0.2, 0.25) is 0 Å². The minimum Gasteiger partial charge on any atom is -0.382 e. The Morgan fingerprint density at radius 2 is 1.44 bits per heavy atom. The van der Waals surface area contributed by atoms with Gasteiger partial charge in [0.1, 0.15) is 24.4 Å². The van der Waals surface area contributed by atoms with Crippen LogP contribution in [0, 0.1) is 0 Å². The molecular weight excluding hydrogens is 212 g/mol. The molecule has 0 radical (unpaired) electrons. The number of ether oxygens (including phenoxy) is 5. The number of methoxy groups -OCH3 is 4. The van der Waals surface area contributed by atoms with Gasteiger partial charge in [0.2, 0.25) is 0 Å². The first kappa shape index (κ1) is 13.9. The smallest absolute Gasteiger partial charge is 0.114 e. The monoisotopic (exact) mass is 234 g/mol. The Labute approximate surface area is 97.0 Å². The van der Waals surface area contributed by atoms with E-state index in [0.29, 0.717) is 6.61 Å². The highest BCUT2D eigenvalue weighted by atomic mass is 16.6. The average Bonchev–Trinajstić information content (AvgIpc) is 2.28. The standard InChI is InChI=1S/C11H22O5/c1-7-9(13-3)11(15-5)10(14-4)8(16-7)6-12-2/h7-11H,6H2,1-5H3/t7-,8-,9?,10?,11?/m0/s1. The van der Waals surface area contributed by atoms with Crippen LogP contribution in [0.25, 0.3) is 0 Å². The van der Waals surface area contributed by atoms with Gasteiger partial charge in [0.15, 0.2) is 0 Å². The van der Waals surface area contributed by atoms with Gasteiger partial charge in [-0.1, -0.05) is 0 Å². The maximum absolute atomic E-state index is 5.81. The highest BCUT2D eigenvalue weighted by molar-refractivity contribution is 4.93. The van der Waals surface area contributed by atoms with Gasteiger partial charge in [-0.25, -0.2) is 0 Å². The lowest BCUT2D eigenvalue weighted by atomic mass is 9.95. The van der Waals surface area contributed by atoms with Gasteiger partial charge in [-0.05, 0) is 6.92 Å². The third-order valence-corrected chi connectivity index (χ3v) is 3.01. The summed E-state index contributed by atoms with van der Waals surface area (Å²) in [7, 11) is 6.60. The number of hydrogen-bond acceptors (Lipinski definition) is 5. The van der Waals surface area contributed by atoms with Crippen molar-refractivity contribution in [3.63, 3.8) is 0 Å². The molecule has 1 fully saturated rings. The lowest BCUT2D eigenvalue weighted by molar-refractivity contribution is -0.245. The van der Waals surface area contributed by atoms with Crippen molar-refractivity contribution in [2.24, 2.45) is 0 Å². The molecule has 0 aliphatic carbocycles. The van der Waals surface area contributed by atoms with Crippen LogP contribution in [-0.2, 0) is 23.7 Å². The molecule has 1 rings (SSSR count). The van der Waals surface area contributed by atoms with Gasteiger partial charge < -0.3 is 23.7 Å². The molecule has 5 nitrogen and oxygen atoms in total. The number of rotatable bonds is 5. The molecule has 0 aromatic carbocycles. The Balaban J connectivity index is 2.78. The summed E-state index contributed by atoms with van der Waals surface area (Å²) in [6.45, 7) is 2.45. The summed E-state index contributed by atoms with van der Waals surface area (Å²) in [5, 5.41) is 0. The quantitative estimate of drug-likeness (QED) is 0.692. The van der Waals surface area contributed by atoms with E-state index in [1.165, 1.54) is 0 Å². The average molecular weight is 234 g/mol. The van der Waals surface area contributed by atoms with Crippen LogP contribution < -0.4 is 0 Å². The second kappa shape index (κ2) is 6.51. The molecular formula is C11H22O5. The molecule has 0 saturated carbocycles. The summed E-state index contributed by atoms with van der Waals surface area (Å²) in [5.41, 5.74) is 0. The Morgan fingerprint density at radius 1 is 0.875 bits per heavy atom. The fourth-order valence-corrected chi connectivity index (χ4v) is 2.27. The zero-order valence-corrected chi connectivity index (χ0v) is 10.6. The van der Waals surface area contributed by atoms with Gasteiger partial charge in [0, 0.05) is 28.4 Å². The van der Waals surface area contributed by atoms with Gasteiger partial charge >= 0.3 is 0 Å². The van der Waals surface area contributed by atoms with E-state index in [1.54, 1.807) is 28.4 Å². The van der Waals surface area contributed by atoms with Crippen LogP contribution >= 0.6 is 0 Å². The van der Waals surface area contributed by atoms with E-state index in [1.807, 2.05) is 6.92 Å². The predicted molar refractivity (Wildman–Crippen MR) is 58.6 cm³/mol. The highest BCUT2D eigenvalue weighted by Gasteiger charge is 2.45. The summed E-state index contributed by atoms with van der Waals surface area (Å²) in [5.74, 6) is 0. The van der Waals surface area contributed by atoms with Crippen LogP contribution in [0.4, 0.5) is 0 Å². The van der Waals surface area contributed by atoms with Crippen molar-refractivity contribution >= 4 is 0 Å². The van der Waals surface area contributed by atoms with E-state index in [0.717, 1.165) is 0 Å². The Hall–Kier alpha value is -0.200. The van der Waals surface area contributed by atoms with Crippen molar-refractivity contribution in [2.75, 3.05) is 35.0 Å². The fourth-order valence-electron chi connectivity index (χ4n) is 2.27. The van der Waals surface area contributed by atoms with Crippen LogP contribution in [-0.4, -0.2) is 65.6 Å². The predicted octanol–water partition coefficient (Wildman–Crippen LogP) is 0.465. The summed E-state index contributed by atoms with van der Waals surface area (Å²) < 4.78 is 27.2. The Kier molecular flexibility index (Phi) is 5.64. The zero-order valence-electron chi connectivity index (χ0n) is 10.6. The molecule has 0 spiro atoms. The first-order valence-electron chi connectivity index (χ1n) is 5.42. The van der Waals surface area contributed by atoms with Gasteiger partial charge in [-0.2, -0.15) is 0 Å². The number of hydrogen-bond donors (Lipinski definition) is 0. The summed E-state index contributed by atoms with van der Waals surface area (Å²) >= 11 is 0. The summed E-state index contributed by atoms with van der Waals surface area (Å²) in [6.07, 6.45) is -0.601. The lowest BCUT2D eigenvalue weighted by Crippen LogP contribution is -2.59. The summed E-state index contributed by atoms with van der Waals surface area (Å²) in [6, 6.07) is 0.